The number of nitrogens with two attached hydrogens (primary N) is 1. The van der Waals surface area contributed by atoms with Crippen LogP contribution in [-0.2, 0) is 9.84 Å². The van der Waals surface area contributed by atoms with Crippen molar-refractivity contribution in [2.75, 3.05) is 11.5 Å². The molecular formula is C8H13N3O3S. The molecule has 0 saturated carbocycles. The Bertz CT molecular complexity index is 451. The summed E-state index contributed by atoms with van der Waals surface area (Å²) in [5.74, 6) is 1.01. The van der Waals surface area contributed by atoms with Crippen LogP contribution in [0.1, 0.15) is 37.0 Å². The Labute approximate surface area is 87.8 Å². The van der Waals surface area contributed by atoms with Crippen molar-refractivity contribution in [2.45, 2.75) is 25.3 Å². The topological polar surface area (TPSA) is 99.1 Å². The Kier molecular flexibility index (Phi) is 2.51. The maximum atomic E-state index is 11.2. The predicted molar refractivity (Wildman–Crippen MR) is 52.9 cm³/mol. The first kappa shape index (κ1) is 10.6. The van der Waals surface area contributed by atoms with E-state index in [0.29, 0.717) is 18.1 Å². The SMILES string of the molecule is CC(N)c1nc(C2CCS(=O)(=O)C2)no1. The summed E-state index contributed by atoms with van der Waals surface area (Å²) < 4.78 is 27.4. The first-order valence-electron chi connectivity index (χ1n) is 4.77. The Morgan fingerprint density at radius 2 is 2.33 bits per heavy atom. The minimum Gasteiger partial charge on any atom is -0.338 e. The van der Waals surface area contributed by atoms with Crippen LogP contribution < -0.4 is 5.73 Å². The van der Waals surface area contributed by atoms with Crippen LogP contribution in [-0.4, -0.2) is 30.1 Å². The lowest BCUT2D eigenvalue weighted by atomic mass is 10.1. The van der Waals surface area contributed by atoms with Gasteiger partial charge in [-0.2, -0.15) is 4.98 Å². The van der Waals surface area contributed by atoms with Crippen molar-refractivity contribution in [1.29, 1.82) is 0 Å². The Morgan fingerprint density at radius 1 is 1.60 bits per heavy atom. The minimum absolute atomic E-state index is 0.116. The van der Waals surface area contributed by atoms with Gasteiger partial charge in [0.1, 0.15) is 0 Å². The first-order valence-corrected chi connectivity index (χ1v) is 6.59. The van der Waals surface area contributed by atoms with E-state index in [4.69, 9.17) is 10.3 Å². The predicted octanol–water partition coefficient (Wildman–Crippen LogP) is -0.00860. The Balaban J connectivity index is 2.17. The van der Waals surface area contributed by atoms with Crippen LogP contribution in [0.15, 0.2) is 4.52 Å². The summed E-state index contributed by atoms with van der Waals surface area (Å²) in [6.07, 6.45) is 0.570. The molecule has 1 aromatic heterocycles. The van der Waals surface area contributed by atoms with Gasteiger partial charge in [-0.1, -0.05) is 5.16 Å². The Morgan fingerprint density at radius 3 is 2.80 bits per heavy atom. The molecule has 84 valence electrons. The number of nitrogens with zero attached hydrogens (tertiary/aromatic N) is 2. The van der Waals surface area contributed by atoms with Gasteiger partial charge >= 0.3 is 0 Å². The van der Waals surface area contributed by atoms with Gasteiger partial charge in [0, 0.05) is 5.92 Å². The summed E-state index contributed by atoms with van der Waals surface area (Å²) in [7, 11) is -2.91. The molecule has 2 atom stereocenters. The fourth-order valence-electron chi connectivity index (χ4n) is 1.60. The zero-order valence-corrected chi connectivity index (χ0v) is 9.20. The molecule has 2 N–H and O–H groups in total. The van der Waals surface area contributed by atoms with E-state index >= 15 is 0 Å². The number of hydrogen-bond acceptors (Lipinski definition) is 6. The molecule has 1 fully saturated rings. The molecule has 0 spiro atoms. The molecule has 1 saturated heterocycles. The quantitative estimate of drug-likeness (QED) is 0.768. The molecule has 0 aromatic carbocycles. The number of sulfone groups is 1. The summed E-state index contributed by atoms with van der Waals surface area (Å²) >= 11 is 0. The molecule has 0 radical (unpaired) electrons. The standard InChI is InChI=1S/C8H13N3O3S/c1-5(9)8-10-7(11-14-8)6-2-3-15(12,13)4-6/h5-6H,2-4,9H2,1H3. The van der Waals surface area contributed by atoms with Gasteiger partial charge in [0.05, 0.1) is 17.5 Å². The van der Waals surface area contributed by atoms with Crippen LogP contribution >= 0.6 is 0 Å². The van der Waals surface area contributed by atoms with Crippen LogP contribution in [0.3, 0.4) is 0 Å². The van der Waals surface area contributed by atoms with E-state index in [-0.39, 0.29) is 23.5 Å². The van der Waals surface area contributed by atoms with Crippen molar-refractivity contribution in [1.82, 2.24) is 10.1 Å². The van der Waals surface area contributed by atoms with Gasteiger partial charge in [0.25, 0.3) is 0 Å². The van der Waals surface area contributed by atoms with Gasteiger partial charge in [0.2, 0.25) is 5.89 Å². The van der Waals surface area contributed by atoms with Crippen molar-refractivity contribution in [3.8, 4) is 0 Å². The number of aromatic nitrogens is 2. The highest BCUT2D eigenvalue weighted by molar-refractivity contribution is 7.91. The first-order chi connectivity index (χ1) is 6.98. The summed E-state index contributed by atoms with van der Waals surface area (Å²) in [6.45, 7) is 1.74. The average Bonchev–Trinajstić information content (AvgIpc) is 2.70. The molecule has 2 rings (SSSR count). The minimum atomic E-state index is -2.91. The van der Waals surface area contributed by atoms with E-state index in [1.54, 1.807) is 6.92 Å². The van der Waals surface area contributed by atoms with Gasteiger partial charge in [0.15, 0.2) is 15.7 Å². The highest BCUT2D eigenvalue weighted by Gasteiger charge is 2.32. The lowest BCUT2D eigenvalue weighted by molar-refractivity contribution is 0.355. The molecule has 15 heavy (non-hydrogen) atoms. The largest absolute Gasteiger partial charge is 0.338 e. The van der Waals surface area contributed by atoms with Crippen LogP contribution in [0, 0.1) is 0 Å². The van der Waals surface area contributed by atoms with Crippen LogP contribution in [0.25, 0.3) is 0 Å². The monoisotopic (exact) mass is 231 g/mol. The molecule has 2 heterocycles. The van der Waals surface area contributed by atoms with Crippen molar-refractivity contribution >= 4 is 9.84 Å². The highest BCUT2D eigenvalue weighted by Crippen LogP contribution is 2.27. The fourth-order valence-corrected chi connectivity index (χ4v) is 3.34. The molecule has 6 nitrogen and oxygen atoms in total. The molecule has 0 bridgehead atoms. The van der Waals surface area contributed by atoms with Gasteiger partial charge in [-0.05, 0) is 13.3 Å². The molecule has 0 amide bonds. The van der Waals surface area contributed by atoms with Crippen LogP contribution in [0.2, 0.25) is 0 Å². The van der Waals surface area contributed by atoms with Gasteiger partial charge < -0.3 is 10.3 Å². The summed E-state index contributed by atoms with van der Waals surface area (Å²) in [4.78, 5) is 4.09. The van der Waals surface area contributed by atoms with E-state index in [1.165, 1.54) is 0 Å². The van der Waals surface area contributed by atoms with Crippen molar-refractivity contribution in [3.05, 3.63) is 11.7 Å². The van der Waals surface area contributed by atoms with Gasteiger partial charge in [-0.3, -0.25) is 0 Å². The van der Waals surface area contributed by atoms with Gasteiger partial charge in [-0.15, -0.1) is 0 Å². The van der Waals surface area contributed by atoms with E-state index in [0.717, 1.165) is 0 Å². The zero-order chi connectivity index (χ0) is 11.1. The molecule has 7 heteroatoms. The average molecular weight is 231 g/mol. The zero-order valence-electron chi connectivity index (χ0n) is 8.38. The molecule has 2 unspecified atom stereocenters. The van der Waals surface area contributed by atoms with E-state index in [2.05, 4.69) is 10.1 Å². The van der Waals surface area contributed by atoms with Gasteiger partial charge in [-0.25, -0.2) is 8.42 Å². The van der Waals surface area contributed by atoms with E-state index < -0.39 is 9.84 Å². The van der Waals surface area contributed by atoms with Crippen molar-refractivity contribution in [2.24, 2.45) is 5.73 Å². The third-order valence-electron chi connectivity index (χ3n) is 2.44. The Hall–Kier alpha value is -0.950. The lowest BCUT2D eigenvalue weighted by Gasteiger charge is -1.98. The van der Waals surface area contributed by atoms with Crippen molar-refractivity contribution < 1.29 is 12.9 Å². The molecule has 1 aromatic rings. The smallest absolute Gasteiger partial charge is 0.243 e. The second-order valence-electron chi connectivity index (χ2n) is 3.88. The van der Waals surface area contributed by atoms with E-state index in [9.17, 15) is 8.42 Å². The molecular weight excluding hydrogens is 218 g/mol. The van der Waals surface area contributed by atoms with Crippen LogP contribution in [0.4, 0.5) is 0 Å². The van der Waals surface area contributed by atoms with Crippen molar-refractivity contribution in [3.63, 3.8) is 0 Å². The normalized spacial score (nSPS) is 26.7. The van der Waals surface area contributed by atoms with Crippen LogP contribution in [0.5, 0.6) is 0 Å². The molecule has 1 aliphatic rings. The third kappa shape index (κ3) is 2.18. The number of hydrogen-bond donors (Lipinski definition) is 1. The summed E-state index contributed by atoms with van der Waals surface area (Å²) in [5.41, 5.74) is 5.56. The highest BCUT2D eigenvalue weighted by atomic mass is 32.2. The number of rotatable bonds is 2. The summed E-state index contributed by atoms with van der Waals surface area (Å²) in [5, 5.41) is 3.75. The summed E-state index contributed by atoms with van der Waals surface area (Å²) in [6, 6.07) is -0.315. The lowest BCUT2D eigenvalue weighted by Crippen LogP contribution is -2.07. The maximum absolute atomic E-state index is 11.2. The van der Waals surface area contributed by atoms with E-state index in [1.807, 2.05) is 0 Å². The fraction of sp³-hybridized carbons (Fsp3) is 0.750. The second-order valence-corrected chi connectivity index (χ2v) is 6.11. The molecule has 0 aliphatic carbocycles. The molecule has 1 aliphatic heterocycles. The second kappa shape index (κ2) is 3.57. The third-order valence-corrected chi connectivity index (χ3v) is 4.21. The maximum Gasteiger partial charge on any atom is 0.243 e.